The molecule has 1 aromatic rings. The molecule has 0 spiro atoms. The summed E-state index contributed by atoms with van der Waals surface area (Å²) in [4.78, 5) is 45.8. The zero-order valence-corrected chi connectivity index (χ0v) is 27.2. The van der Waals surface area contributed by atoms with E-state index >= 15 is 0 Å². The van der Waals surface area contributed by atoms with E-state index in [2.05, 4.69) is 20.9 Å². The summed E-state index contributed by atoms with van der Waals surface area (Å²) < 4.78 is 0. The van der Waals surface area contributed by atoms with Crippen molar-refractivity contribution in [1.82, 2.24) is 25.8 Å². The fourth-order valence-corrected chi connectivity index (χ4v) is 7.56. The second kappa shape index (κ2) is 13.9. The van der Waals surface area contributed by atoms with Crippen LogP contribution in [0.25, 0.3) is 0 Å². The lowest BCUT2D eigenvalue weighted by Crippen LogP contribution is -2.62. The van der Waals surface area contributed by atoms with Crippen molar-refractivity contribution in [3.63, 3.8) is 0 Å². The van der Waals surface area contributed by atoms with Crippen LogP contribution in [0.15, 0.2) is 24.3 Å². The van der Waals surface area contributed by atoms with Crippen LogP contribution in [0.5, 0.6) is 0 Å². The van der Waals surface area contributed by atoms with Crippen LogP contribution in [0.1, 0.15) is 84.1 Å². The van der Waals surface area contributed by atoms with E-state index in [-0.39, 0.29) is 29.3 Å². The van der Waals surface area contributed by atoms with E-state index in [0.29, 0.717) is 49.8 Å². The van der Waals surface area contributed by atoms with Gasteiger partial charge in [-0.3, -0.25) is 19.3 Å². The molecular formula is C34H52ClN5O3. The van der Waals surface area contributed by atoms with E-state index in [1.54, 1.807) is 0 Å². The molecule has 5 rings (SSSR count). The van der Waals surface area contributed by atoms with Gasteiger partial charge >= 0.3 is 0 Å². The fraction of sp³-hybridized carbons (Fsp3) is 0.735. The second-order valence-electron chi connectivity index (χ2n) is 14.6. The summed E-state index contributed by atoms with van der Waals surface area (Å²) in [5.41, 5.74) is 0.199. The SMILES string of the molecule is CC(C)(C)NC(=O)C1(C2CCCCC2)CCN(C(=O)[C@@H](Cc2ccc(Cl)cc2)NC(=O)[C@H]2CN(CC3CC3)CCN2)CC1. The van der Waals surface area contributed by atoms with Crippen molar-refractivity contribution in [2.24, 2.45) is 17.3 Å². The van der Waals surface area contributed by atoms with Gasteiger partial charge in [-0.15, -0.1) is 0 Å². The van der Waals surface area contributed by atoms with Gasteiger partial charge in [-0.1, -0.05) is 43.0 Å². The first-order valence-electron chi connectivity index (χ1n) is 16.6. The van der Waals surface area contributed by atoms with Crippen LogP contribution in [-0.2, 0) is 20.8 Å². The average Bonchev–Trinajstić information content (AvgIpc) is 3.81. The van der Waals surface area contributed by atoms with Crippen LogP contribution in [0, 0.1) is 17.3 Å². The highest BCUT2D eigenvalue weighted by Gasteiger charge is 2.49. The summed E-state index contributed by atoms with van der Waals surface area (Å²) in [5, 5.41) is 10.4. The largest absolute Gasteiger partial charge is 0.351 e. The number of hydrogen-bond acceptors (Lipinski definition) is 5. The first kappa shape index (κ1) is 32.2. The fourth-order valence-electron chi connectivity index (χ4n) is 7.43. The lowest BCUT2D eigenvalue weighted by Gasteiger charge is -2.48. The number of carbonyl (C=O) groups is 3. The Labute approximate surface area is 263 Å². The molecule has 3 amide bonds. The number of likely N-dealkylation sites (tertiary alicyclic amines) is 1. The molecule has 1 aromatic carbocycles. The number of amides is 3. The first-order chi connectivity index (χ1) is 20.5. The van der Waals surface area contributed by atoms with Crippen molar-refractivity contribution in [1.29, 1.82) is 0 Å². The second-order valence-corrected chi connectivity index (χ2v) is 15.1. The predicted octanol–water partition coefficient (Wildman–Crippen LogP) is 4.15. The molecule has 238 valence electrons. The Hall–Kier alpha value is -2.16. The minimum atomic E-state index is -0.681. The summed E-state index contributed by atoms with van der Waals surface area (Å²) in [6, 6.07) is 6.48. The number of piperazine rings is 1. The van der Waals surface area contributed by atoms with E-state index in [9.17, 15) is 14.4 Å². The highest BCUT2D eigenvalue weighted by atomic mass is 35.5. The Kier molecular flexibility index (Phi) is 10.4. The van der Waals surface area contributed by atoms with Crippen LogP contribution < -0.4 is 16.0 Å². The third-order valence-electron chi connectivity index (χ3n) is 10.1. The van der Waals surface area contributed by atoms with Gasteiger partial charge in [-0.05, 0) is 88.8 Å². The lowest BCUT2D eigenvalue weighted by molar-refractivity contribution is -0.147. The smallest absolute Gasteiger partial charge is 0.245 e. The van der Waals surface area contributed by atoms with E-state index < -0.39 is 11.5 Å². The van der Waals surface area contributed by atoms with Crippen molar-refractivity contribution < 1.29 is 14.4 Å². The molecule has 2 atom stereocenters. The van der Waals surface area contributed by atoms with Crippen molar-refractivity contribution >= 4 is 29.3 Å². The summed E-state index contributed by atoms with van der Waals surface area (Å²) in [6.07, 6.45) is 10.0. The molecule has 4 aliphatic rings. The van der Waals surface area contributed by atoms with E-state index in [4.69, 9.17) is 11.6 Å². The maximum atomic E-state index is 14.1. The number of nitrogens with zero attached hydrogens (tertiary/aromatic N) is 2. The number of benzene rings is 1. The predicted molar refractivity (Wildman–Crippen MR) is 171 cm³/mol. The van der Waals surface area contributed by atoms with Crippen LogP contribution in [0.2, 0.25) is 5.02 Å². The van der Waals surface area contributed by atoms with Gasteiger partial charge in [0.25, 0.3) is 0 Å². The normalized spacial score (nSPS) is 24.3. The third kappa shape index (κ3) is 8.52. The van der Waals surface area contributed by atoms with Crippen LogP contribution in [0.3, 0.4) is 0 Å². The Balaban J connectivity index is 1.29. The van der Waals surface area contributed by atoms with E-state index in [0.717, 1.165) is 44.0 Å². The summed E-state index contributed by atoms with van der Waals surface area (Å²) in [7, 11) is 0. The molecule has 43 heavy (non-hydrogen) atoms. The molecule has 0 unspecified atom stereocenters. The van der Waals surface area contributed by atoms with Gasteiger partial charge in [0.15, 0.2) is 0 Å². The topological polar surface area (TPSA) is 93.8 Å². The average molecular weight is 614 g/mol. The highest BCUT2D eigenvalue weighted by Crippen LogP contribution is 2.46. The van der Waals surface area contributed by atoms with Gasteiger partial charge in [-0.2, -0.15) is 0 Å². The summed E-state index contributed by atoms with van der Waals surface area (Å²) >= 11 is 6.14. The van der Waals surface area contributed by atoms with Gasteiger partial charge in [0.05, 0.1) is 11.5 Å². The van der Waals surface area contributed by atoms with Gasteiger partial charge in [0.2, 0.25) is 17.7 Å². The first-order valence-corrected chi connectivity index (χ1v) is 17.0. The summed E-state index contributed by atoms with van der Waals surface area (Å²) in [5.74, 6) is 1.07. The maximum absolute atomic E-state index is 14.1. The number of carbonyl (C=O) groups excluding carboxylic acids is 3. The quantitative estimate of drug-likeness (QED) is 0.389. The molecule has 8 nitrogen and oxygen atoms in total. The number of nitrogens with one attached hydrogen (secondary N) is 3. The number of piperidine rings is 1. The zero-order valence-electron chi connectivity index (χ0n) is 26.4. The van der Waals surface area contributed by atoms with E-state index in [1.165, 1.54) is 32.1 Å². The molecule has 2 aliphatic carbocycles. The Morgan fingerprint density at radius 2 is 1.67 bits per heavy atom. The van der Waals surface area contributed by atoms with Gasteiger partial charge in [0.1, 0.15) is 6.04 Å². The lowest BCUT2D eigenvalue weighted by atomic mass is 9.63. The van der Waals surface area contributed by atoms with Crippen molar-refractivity contribution in [2.75, 3.05) is 39.3 Å². The Morgan fingerprint density at radius 1 is 1.00 bits per heavy atom. The minimum absolute atomic E-state index is 0.0672. The van der Waals surface area contributed by atoms with Crippen LogP contribution in [0.4, 0.5) is 0 Å². The Bertz CT molecular complexity index is 1120. The maximum Gasteiger partial charge on any atom is 0.245 e. The Morgan fingerprint density at radius 3 is 2.30 bits per heavy atom. The van der Waals surface area contributed by atoms with Gasteiger partial charge < -0.3 is 20.9 Å². The van der Waals surface area contributed by atoms with Crippen molar-refractivity contribution in [3.8, 4) is 0 Å². The van der Waals surface area contributed by atoms with E-state index in [1.807, 2.05) is 49.9 Å². The molecule has 2 heterocycles. The molecule has 0 bridgehead atoms. The van der Waals surface area contributed by atoms with Gasteiger partial charge in [0, 0.05) is 56.3 Å². The zero-order chi connectivity index (χ0) is 30.6. The molecular weight excluding hydrogens is 562 g/mol. The third-order valence-corrected chi connectivity index (χ3v) is 10.3. The molecule has 2 saturated carbocycles. The molecule has 2 aliphatic heterocycles. The monoisotopic (exact) mass is 613 g/mol. The van der Waals surface area contributed by atoms with Crippen LogP contribution in [-0.4, -0.2) is 84.4 Å². The molecule has 0 radical (unpaired) electrons. The highest BCUT2D eigenvalue weighted by molar-refractivity contribution is 6.30. The number of hydrogen-bond donors (Lipinski definition) is 3. The van der Waals surface area contributed by atoms with Gasteiger partial charge in [-0.25, -0.2) is 0 Å². The van der Waals surface area contributed by atoms with Crippen molar-refractivity contribution in [3.05, 3.63) is 34.9 Å². The molecule has 3 N–H and O–H groups in total. The summed E-state index contributed by atoms with van der Waals surface area (Å²) in [6.45, 7) is 10.6. The van der Waals surface area contributed by atoms with Crippen molar-refractivity contribution in [2.45, 2.75) is 103 Å². The molecule has 4 fully saturated rings. The standard InChI is InChI=1S/C34H52ClN5O3/c1-33(2,3)38-32(43)34(26-7-5-4-6-8-26)15-18-40(19-16-34)31(42)28(21-24-11-13-27(35)14-12-24)37-30(41)29-23-39(20-17-36-29)22-25-9-10-25/h11-14,25-26,28-29,36H,4-10,15-23H2,1-3H3,(H,37,41)(H,38,43)/t28-,29-/m1/s1. The minimum Gasteiger partial charge on any atom is -0.351 e. The molecule has 0 aromatic heterocycles. The molecule has 9 heteroatoms. The molecule has 2 saturated heterocycles. The van der Waals surface area contributed by atoms with Crippen LogP contribution >= 0.6 is 11.6 Å². The number of halogens is 1. The number of rotatable bonds is 9.